The summed E-state index contributed by atoms with van der Waals surface area (Å²) in [5.74, 6) is 0.545. The normalized spacial score (nSPS) is 19.5. The van der Waals surface area contributed by atoms with E-state index in [1.54, 1.807) is 10.9 Å². The molecule has 0 bridgehead atoms. The van der Waals surface area contributed by atoms with Crippen LogP contribution in [-0.2, 0) is 16.1 Å². The van der Waals surface area contributed by atoms with E-state index in [1.165, 1.54) is 0 Å². The quantitative estimate of drug-likeness (QED) is 0.686. The predicted molar refractivity (Wildman–Crippen MR) is 46.6 cm³/mol. The third kappa shape index (κ3) is 1.92. The zero-order valence-corrected chi connectivity index (χ0v) is 7.80. The van der Waals surface area contributed by atoms with Gasteiger partial charge >= 0.3 is 0 Å². The van der Waals surface area contributed by atoms with E-state index in [0.717, 1.165) is 0 Å². The summed E-state index contributed by atoms with van der Waals surface area (Å²) >= 11 is 0. The van der Waals surface area contributed by atoms with Crippen molar-refractivity contribution in [1.82, 2.24) is 14.8 Å². The Morgan fingerprint density at radius 1 is 1.43 bits per heavy atom. The first kappa shape index (κ1) is 9.57. The average molecular weight is 199 g/mol. The van der Waals surface area contributed by atoms with Crippen LogP contribution in [0.2, 0.25) is 0 Å². The average Bonchev–Trinajstić information content (AvgIpc) is 2.52. The molecule has 1 aliphatic heterocycles. The Labute approximate surface area is 81.5 Å². The number of rotatable bonds is 2. The fraction of sp³-hybridized carbons (Fsp3) is 0.750. The Balaban J connectivity index is 2.11. The second kappa shape index (κ2) is 4.50. The first-order valence-corrected chi connectivity index (χ1v) is 4.56. The molecule has 14 heavy (non-hydrogen) atoms. The maximum absolute atomic E-state index is 9.00. The van der Waals surface area contributed by atoms with Crippen molar-refractivity contribution in [2.75, 3.05) is 26.4 Å². The van der Waals surface area contributed by atoms with Gasteiger partial charge in [-0.1, -0.05) is 0 Å². The van der Waals surface area contributed by atoms with E-state index in [4.69, 9.17) is 14.6 Å². The number of aromatic nitrogens is 3. The lowest BCUT2D eigenvalue weighted by Gasteiger charge is -2.15. The Hall–Kier alpha value is -0.980. The molecule has 0 amide bonds. The SMILES string of the molecule is OCc1nncn1C1COCCOC1. The van der Waals surface area contributed by atoms with Gasteiger partial charge in [0, 0.05) is 0 Å². The highest BCUT2D eigenvalue weighted by Gasteiger charge is 2.17. The summed E-state index contributed by atoms with van der Waals surface area (Å²) in [5.41, 5.74) is 0. The molecule has 78 valence electrons. The van der Waals surface area contributed by atoms with Crippen LogP contribution >= 0.6 is 0 Å². The zero-order valence-electron chi connectivity index (χ0n) is 7.80. The zero-order chi connectivity index (χ0) is 9.80. The minimum Gasteiger partial charge on any atom is -0.388 e. The summed E-state index contributed by atoms with van der Waals surface area (Å²) in [4.78, 5) is 0. The van der Waals surface area contributed by atoms with Crippen molar-refractivity contribution in [2.24, 2.45) is 0 Å². The summed E-state index contributed by atoms with van der Waals surface area (Å²) in [6.45, 7) is 2.27. The number of nitrogens with zero attached hydrogens (tertiary/aromatic N) is 3. The van der Waals surface area contributed by atoms with Crippen LogP contribution in [-0.4, -0.2) is 46.3 Å². The summed E-state index contributed by atoms with van der Waals surface area (Å²) < 4.78 is 12.5. The molecule has 0 spiro atoms. The number of hydrogen-bond acceptors (Lipinski definition) is 5. The summed E-state index contributed by atoms with van der Waals surface area (Å²) in [5, 5.41) is 16.5. The molecule has 0 aliphatic carbocycles. The number of ether oxygens (including phenoxy) is 2. The minimum atomic E-state index is -0.115. The maximum atomic E-state index is 9.00. The first-order chi connectivity index (χ1) is 6.92. The predicted octanol–water partition coefficient (Wildman–Crippen LogP) is -0.642. The highest BCUT2D eigenvalue weighted by atomic mass is 16.5. The Morgan fingerprint density at radius 2 is 2.14 bits per heavy atom. The van der Waals surface area contributed by atoms with E-state index >= 15 is 0 Å². The smallest absolute Gasteiger partial charge is 0.159 e. The van der Waals surface area contributed by atoms with Crippen LogP contribution < -0.4 is 0 Å². The van der Waals surface area contributed by atoms with Crippen LogP contribution in [0.4, 0.5) is 0 Å². The second-order valence-corrected chi connectivity index (χ2v) is 3.12. The third-order valence-corrected chi connectivity index (χ3v) is 2.17. The van der Waals surface area contributed by atoms with E-state index in [9.17, 15) is 0 Å². The van der Waals surface area contributed by atoms with E-state index in [1.807, 2.05) is 0 Å². The molecule has 0 atom stereocenters. The van der Waals surface area contributed by atoms with E-state index in [0.29, 0.717) is 32.3 Å². The van der Waals surface area contributed by atoms with Crippen LogP contribution in [0.15, 0.2) is 6.33 Å². The van der Waals surface area contributed by atoms with Gasteiger partial charge in [-0.3, -0.25) is 0 Å². The second-order valence-electron chi connectivity index (χ2n) is 3.12. The van der Waals surface area contributed by atoms with Gasteiger partial charge in [0.15, 0.2) is 5.82 Å². The fourth-order valence-electron chi connectivity index (χ4n) is 1.45. The lowest BCUT2D eigenvalue weighted by molar-refractivity contribution is 0.103. The molecule has 1 N–H and O–H groups in total. The van der Waals surface area contributed by atoms with Crippen molar-refractivity contribution in [3.63, 3.8) is 0 Å². The van der Waals surface area contributed by atoms with E-state index < -0.39 is 0 Å². The van der Waals surface area contributed by atoms with Gasteiger partial charge in [0.05, 0.1) is 32.5 Å². The molecule has 0 saturated carbocycles. The van der Waals surface area contributed by atoms with Crippen LogP contribution in [0.3, 0.4) is 0 Å². The van der Waals surface area contributed by atoms with E-state index in [-0.39, 0.29) is 12.6 Å². The number of aliphatic hydroxyl groups is 1. The Morgan fingerprint density at radius 3 is 2.79 bits per heavy atom. The first-order valence-electron chi connectivity index (χ1n) is 4.56. The molecule has 0 aromatic carbocycles. The van der Waals surface area contributed by atoms with Gasteiger partial charge in [-0.05, 0) is 0 Å². The summed E-state index contributed by atoms with van der Waals surface area (Å²) in [6.07, 6.45) is 1.59. The molecule has 0 unspecified atom stereocenters. The Kier molecular flexibility index (Phi) is 3.07. The molecular weight excluding hydrogens is 186 g/mol. The maximum Gasteiger partial charge on any atom is 0.159 e. The molecule has 1 saturated heterocycles. The monoisotopic (exact) mass is 199 g/mol. The van der Waals surface area contributed by atoms with Crippen molar-refractivity contribution < 1.29 is 14.6 Å². The van der Waals surface area contributed by atoms with Crippen LogP contribution in [0.25, 0.3) is 0 Å². The fourth-order valence-corrected chi connectivity index (χ4v) is 1.45. The third-order valence-electron chi connectivity index (χ3n) is 2.17. The summed E-state index contributed by atoms with van der Waals surface area (Å²) in [6, 6.07) is 0.0645. The lowest BCUT2D eigenvalue weighted by atomic mass is 10.3. The van der Waals surface area contributed by atoms with Gasteiger partial charge in [-0.2, -0.15) is 0 Å². The highest BCUT2D eigenvalue weighted by Crippen LogP contribution is 2.12. The molecule has 2 rings (SSSR count). The standard InChI is InChI=1S/C8H13N3O3/c12-3-8-10-9-6-11(8)7-4-13-1-2-14-5-7/h6-7,12H,1-5H2. The van der Waals surface area contributed by atoms with Gasteiger partial charge < -0.3 is 19.1 Å². The molecule has 1 aromatic heterocycles. The number of hydrogen-bond donors (Lipinski definition) is 1. The van der Waals surface area contributed by atoms with Crippen molar-refractivity contribution in [1.29, 1.82) is 0 Å². The lowest BCUT2D eigenvalue weighted by Crippen LogP contribution is -2.19. The van der Waals surface area contributed by atoms with E-state index in [2.05, 4.69) is 10.2 Å². The molecular formula is C8H13N3O3. The largest absolute Gasteiger partial charge is 0.388 e. The van der Waals surface area contributed by atoms with Crippen LogP contribution in [0, 0.1) is 0 Å². The molecule has 6 heteroatoms. The van der Waals surface area contributed by atoms with Crippen LogP contribution in [0.1, 0.15) is 11.9 Å². The molecule has 2 heterocycles. The molecule has 0 radical (unpaired) electrons. The van der Waals surface area contributed by atoms with Gasteiger partial charge in [-0.15, -0.1) is 10.2 Å². The van der Waals surface area contributed by atoms with Gasteiger partial charge in [0.2, 0.25) is 0 Å². The summed E-state index contributed by atoms with van der Waals surface area (Å²) in [7, 11) is 0. The van der Waals surface area contributed by atoms with Gasteiger partial charge in [0.1, 0.15) is 12.9 Å². The van der Waals surface area contributed by atoms with Gasteiger partial charge in [-0.25, -0.2) is 0 Å². The molecule has 1 aliphatic rings. The Bertz CT molecular complexity index is 281. The minimum absolute atomic E-state index is 0.0645. The van der Waals surface area contributed by atoms with Gasteiger partial charge in [0.25, 0.3) is 0 Å². The molecule has 1 fully saturated rings. The van der Waals surface area contributed by atoms with Crippen molar-refractivity contribution >= 4 is 0 Å². The van der Waals surface area contributed by atoms with Crippen molar-refractivity contribution in [3.05, 3.63) is 12.2 Å². The van der Waals surface area contributed by atoms with Crippen molar-refractivity contribution in [2.45, 2.75) is 12.6 Å². The van der Waals surface area contributed by atoms with Crippen LogP contribution in [0.5, 0.6) is 0 Å². The molecule has 6 nitrogen and oxygen atoms in total. The van der Waals surface area contributed by atoms with Crippen molar-refractivity contribution in [3.8, 4) is 0 Å². The number of aliphatic hydroxyl groups excluding tert-OH is 1. The molecule has 1 aromatic rings. The topological polar surface area (TPSA) is 69.4 Å². The highest BCUT2D eigenvalue weighted by molar-refractivity contribution is 4.87.